The number of rotatable bonds is 3. The Morgan fingerprint density at radius 3 is 2.80 bits per heavy atom. The molecular formula is C16H14BrFN2. The normalized spacial score (nSPS) is 12.6. The minimum absolute atomic E-state index is 0.100. The maximum atomic E-state index is 13.3. The number of aromatic nitrogens is 1. The van der Waals surface area contributed by atoms with E-state index >= 15 is 0 Å². The van der Waals surface area contributed by atoms with E-state index in [2.05, 4.69) is 39.2 Å². The Balaban J connectivity index is 1.83. The maximum absolute atomic E-state index is 13.3. The third-order valence-corrected chi connectivity index (χ3v) is 3.99. The molecule has 3 aromatic rings. The molecule has 1 unspecified atom stereocenters. The van der Waals surface area contributed by atoms with Crippen molar-refractivity contribution in [1.29, 1.82) is 0 Å². The lowest BCUT2D eigenvalue weighted by atomic mass is 10.1. The molecular weight excluding hydrogens is 319 g/mol. The molecule has 0 aliphatic rings. The van der Waals surface area contributed by atoms with Crippen LogP contribution in [0.4, 0.5) is 10.1 Å². The highest BCUT2D eigenvalue weighted by molar-refractivity contribution is 9.10. The van der Waals surface area contributed by atoms with Gasteiger partial charge in [0.25, 0.3) is 0 Å². The molecule has 2 aromatic carbocycles. The van der Waals surface area contributed by atoms with Crippen LogP contribution in [0, 0.1) is 5.82 Å². The predicted octanol–water partition coefficient (Wildman–Crippen LogP) is 5.24. The van der Waals surface area contributed by atoms with Crippen molar-refractivity contribution in [3.63, 3.8) is 0 Å². The molecule has 0 fully saturated rings. The van der Waals surface area contributed by atoms with Gasteiger partial charge in [-0.3, -0.25) is 0 Å². The van der Waals surface area contributed by atoms with Crippen molar-refractivity contribution in [2.24, 2.45) is 0 Å². The minimum Gasteiger partial charge on any atom is -0.379 e. The van der Waals surface area contributed by atoms with E-state index in [-0.39, 0.29) is 11.9 Å². The summed E-state index contributed by atoms with van der Waals surface area (Å²) in [7, 11) is 0. The summed E-state index contributed by atoms with van der Waals surface area (Å²) >= 11 is 3.22. The van der Waals surface area contributed by atoms with Gasteiger partial charge in [-0.15, -0.1) is 0 Å². The van der Waals surface area contributed by atoms with Crippen LogP contribution in [0.3, 0.4) is 0 Å². The average molecular weight is 333 g/mol. The smallest absolute Gasteiger partial charge is 0.137 e. The molecule has 1 aromatic heterocycles. The van der Waals surface area contributed by atoms with Crippen LogP contribution in [0.5, 0.6) is 0 Å². The van der Waals surface area contributed by atoms with Gasteiger partial charge in [0.2, 0.25) is 0 Å². The third kappa shape index (κ3) is 2.56. The fourth-order valence-corrected chi connectivity index (χ4v) is 2.65. The molecule has 1 atom stereocenters. The van der Waals surface area contributed by atoms with Gasteiger partial charge in [0.15, 0.2) is 0 Å². The van der Waals surface area contributed by atoms with Crippen LogP contribution in [0.1, 0.15) is 18.5 Å². The summed E-state index contributed by atoms with van der Waals surface area (Å²) < 4.78 is 13.7. The van der Waals surface area contributed by atoms with Crippen LogP contribution in [0.25, 0.3) is 10.9 Å². The molecule has 0 bridgehead atoms. The van der Waals surface area contributed by atoms with E-state index < -0.39 is 0 Å². The monoisotopic (exact) mass is 332 g/mol. The van der Waals surface area contributed by atoms with E-state index in [9.17, 15) is 4.39 Å². The number of H-pyrrole nitrogens is 1. The number of halogens is 2. The van der Waals surface area contributed by atoms with Crippen molar-refractivity contribution in [3.05, 3.63) is 64.5 Å². The van der Waals surface area contributed by atoms with Gasteiger partial charge in [0, 0.05) is 28.8 Å². The lowest BCUT2D eigenvalue weighted by Gasteiger charge is -2.16. The number of hydrogen-bond acceptors (Lipinski definition) is 1. The second-order valence-corrected chi connectivity index (χ2v) is 5.67. The molecule has 0 amide bonds. The van der Waals surface area contributed by atoms with Gasteiger partial charge in [0.05, 0.1) is 4.47 Å². The first-order chi connectivity index (χ1) is 9.63. The van der Waals surface area contributed by atoms with E-state index in [1.54, 1.807) is 6.07 Å². The standard InChI is InChI=1S/C16H14BrFN2/c1-10(11-2-4-15(18)14(17)9-11)20-13-3-5-16-12(8-13)6-7-19-16/h2-10,19-20H,1H3. The van der Waals surface area contributed by atoms with Gasteiger partial charge in [-0.2, -0.15) is 0 Å². The average Bonchev–Trinajstić information content (AvgIpc) is 2.89. The van der Waals surface area contributed by atoms with Gasteiger partial charge in [0.1, 0.15) is 5.82 Å². The van der Waals surface area contributed by atoms with E-state index in [1.807, 2.05) is 30.5 Å². The first-order valence-electron chi connectivity index (χ1n) is 6.42. The molecule has 1 heterocycles. The summed E-state index contributed by atoms with van der Waals surface area (Å²) in [6, 6.07) is 13.4. The molecule has 0 saturated heterocycles. The molecule has 0 spiro atoms. The molecule has 0 saturated carbocycles. The molecule has 2 nitrogen and oxygen atoms in total. The highest BCUT2D eigenvalue weighted by Crippen LogP contribution is 2.25. The number of aromatic amines is 1. The van der Waals surface area contributed by atoms with E-state index in [1.165, 1.54) is 11.5 Å². The fourth-order valence-electron chi connectivity index (χ4n) is 2.26. The van der Waals surface area contributed by atoms with Gasteiger partial charge in [-0.05, 0) is 64.8 Å². The van der Waals surface area contributed by atoms with Crippen LogP contribution < -0.4 is 5.32 Å². The Bertz CT molecular complexity index is 751. The van der Waals surface area contributed by atoms with E-state index in [0.29, 0.717) is 4.47 Å². The topological polar surface area (TPSA) is 27.8 Å². The van der Waals surface area contributed by atoms with Crippen LogP contribution in [0.2, 0.25) is 0 Å². The van der Waals surface area contributed by atoms with Crippen LogP contribution in [-0.4, -0.2) is 4.98 Å². The van der Waals surface area contributed by atoms with Crippen LogP contribution in [0.15, 0.2) is 53.1 Å². The van der Waals surface area contributed by atoms with Crippen molar-refractivity contribution in [2.45, 2.75) is 13.0 Å². The lowest BCUT2D eigenvalue weighted by Crippen LogP contribution is -2.06. The summed E-state index contributed by atoms with van der Waals surface area (Å²) in [5.41, 5.74) is 3.20. The maximum Gasteiger partial charge on any atom is 0.137 e. The first kappa shape index (κ1) is 13.2. The van der Waals surface area contributed by atoms with Crippen molar-refractivity contribution in [1.82, 2.24) is 4.98 Å². The predicted molar refractivity (Wildman–Crippen MR) is 84.4 cm³/mol. The second kappa shape index (κ2) is 5.29. The van der Waals surface area contributed by atoms with Gasteiger partial charge >= 0.3 is 0 Å². The molecule has 0 radical (unpaired) electrons. The summed E-state index contributed by atoms with van der Waals surface area (Å²) in [5, 5.41) is 4.60. The van der Waals surface area contributed by atoms with Crippen molar-refractivity contribution in [3.8, 4) is 0 Å². The SMILES string of the molecule is CC(Nc1ccc2[nH]ccc2c1)c1ccc(F)c(Br)c1. The Morgan fingerprint density at radius 1 is 1.15 bits per heavy atom. The Kier molecular flexibility index (Phi) is 3.49. The summed E-state index contributed by atoms with van der Waals surface area (Å²) in [5.74, 6) is -0.241. The minimum atomic E-state index is -0.241. The number of fused-ring (bicyclic) bond motifs is 1. The Hall–Kier alpha value is -1.81. The van der Waals surface area contributed by atoms with Gasteiger partial charge < -0.3 is 10.3 Å². The number of nitrogens with one attached hydrogen (secondary N) is 2. The molecule has 4 heteroatoms. The molecule has 0 aliphatic heterocycles. The second-order valence-electron chi connectivity index (χ2n) is 4.82. The number of benzene rings is 2. The first-order valence-corrected chi connectivity index (χ1v) is 7.21. The fraction of sp³-hybridized carbons (Fsp3) is 0.125. The molecule has 0 aliphatic carbocycles. The molecule has 3 rings (SSSR count). The van der Waals surface area contributed by atoms with Crippen molar-refractivity contribution >= 4 is 32.5 Å². The summed E-state index contributed by atoms with van der Waals surface area (Å²) in [4.78, 5) is 3.17. The van der Waals surface area contributed by atoms with E-state index in [0.717, 1.165) is 16.8 Å². The summed E-state index contributed by atoms with van der Waals surface area (Å²) in [6.07, 6.45) is 1.93. The van der Waals surface area contributed by atoms with Crippen LogP contribution >= 0.6 is 15.9 Å². The molecule has 102 valence electrons. The van der Waals surface area contributed by atoms with E-state index in [4.69, 9.17) is 0 Å². The Morgan fingerprint density at radius 2 is 2.00 bits per heavy atom. The van der Waals surface area contributed by atoms with Gasteiger partial charge in [-0.1, -0.05) is 6.07 Å². The van der Waals surface area contributed by atoms with Crippen LogP contribution in [-0.2, 0) is 0 Å². The number of hydrogen-bond donors (Lipinski definition) is 2. The highest BCUT2D eigenvalue weighted by atomic mass is 79.9. The van der Waals surface area contributed by atoms with Crippen molar-refractivity contribution in [2.75, 3.05) is 5.32 Å². The third-order valence-electron chi connectivity index (χ3n) is 3.38. The number of anilines is 1. The zero-order valence-corrected chi connectivity index (χ0v) is 12.5. The van der Waals surface area contributed by atoms with Gasteiger partial charge in [-0.25, -0.2) is 4.39 Å². The highest BCUT2D eigenvalue weighted by Gasteiger charge is 2.08. The van der Waals surface area contributed by atoms with Crippen molar-refractivity contribution < 1.29 is 4.39 Å². The molecule has 20 heavy (non-hydrogen) atoms. The largest absolute Gasteiger partial charge is 0.379 e. The zero-order chi connectivity index (χ0) is 14.1. The summed E-state index contributed by atoms with van der Waals surface area (Å²) in [6.45, 7) is 2.06. The quantitative estimate of drug-likeness (QED) is 0.674. The molecule has 2 N–H and O–H groups in total. The Labute approximate surface area is 125 Å². The lowest BCUT2D eigenvalue weighted by molar-refractivity contribution is 0.619. The zero-order valence-electron chi connectivity index (χ0n) is 11.0.